The Kier molecular flexibility index (Phi) is 1.99. The first-order chi connectivity index (χ1) is 6.70. The van der Waals surface area contributed by atoms with Crippen LogP contribution < -0.4 is 14.8 Å². The third kappa shape index (κ3) is 1.37. The number of carbonyl (C=O) groups is 1. The Morgan fingerprint density at radius 3 is 3.07 bits per heavy atom. The van der Waals surface area contributed by atoms with Crippen LogP contribution in [0.1, 0.15) is 0 Å². The fourth-order valence-electron chi connectivity index (χ4n) is 1.24. The predicted octanol–water partition coefficient (Wildman–Crippen LogP) is 1.17. The Balaban J connectivity index is 2.46. The second-order valence-corrected chi connectivity index (χ2v) is 2.82. The number of carbonyl (C=O) groups excluding carboxylic acids is 1. The van der Waals surface area contributed by atoms with Crippen LogP contribution in [0.15, 0.2) is 12.1 Å². The lowest BCUT2D eigenvalue weighted by atomic mass is 10.2. The van der Waals surface area contributed by atoms with Crippen LogP contribution in [0.25, 0.3) is 0 Å². The number of nitrogens with one attached hydrogen (secondary N) is 1. The molecule has 14 heavy (non-hydrogen) atoms. The molecule has 0 aliphatic carbocycles. The number of fused-ring (bicyclic) bond motifs is 1. The summed E-state index contributed by atoms with van der Waals surface area (Å²) >= 11 is 0. The molecular formula is C9H8FNO3. The van der Waals surface area contributed by atoms with Gasteiger partial charge in [0.15, 0.2) is 18.2 Å². The molecular weight excluding hydrogens is 189 g/mol. The summed E-state index contributed by atoms with van der Waals surface area (Å²) in [6, 6.07) is 2.58. The number of ether oxygens (including phenoxy) is 2. The number of hydrogen-bond acceptors (Lipinski definition) is 3. The first kappa shape index (κ1) is 8.80. The summed E-state index contributed by atoms with van der Waals surface area (Å²) in [4.78, 5) is 10.9. The molecule has 74 valence electrons. The standard InChI is InChI=1S/C9H8FNO3/c1-13-7-3-6-8(2-5(7)10)14-4-9(12)11-6/h2-3H,4H2,1H3,(H,11,12). The fourth-order valence-corrected chi connectivity index (χ4v) is 1.24. The van der Waals surface area contributed by atoms with Crippen molar-refractivity contribution in [1.82, 2.24) is 0 Å². The lowest BCUT2D eigenvalue weighted by Gasteiger charge is -2.18. The van der Waals surface area contributed by atoms with Gasteiger partial charge in [-0.2, -0.15) is 0 Å². The van der Waals surface area contributed by atoms with E-state index in [1.54, 1.807) is 0 Å². The lowest BCUT2D eigenvalue weighted by Crippen LogP contribution is -2.25. The molecule has 4 nitrogen and oxygen atoms in total. The van der Waals surface area contributed by atoms with Crippen molar-refractivity contribution in [3.05, 3.63) is 17.9 Å². The zero-order chi connectivity index (χ0) is 10.1. The number of hydrogen-bond donors (Lipinski definition) is 1. The molecule has 1 aromatic rings. The summed E-state index contributed by atoms with van der Waals surface area (Å²) in [5, 5.41) is 2.55. The van der Waals surface area contributed by atoms with E-state index in [0.717, 1.165) is 0 Å². The zero-order valence-corrected chi connectivity index (χ0v) is 7.46. The number of halogens is 1. The minimum absolute atomic E-state index is 0.0783. The first-order valence-corrected chi connectivity index (χ1v) is 4.01. The van der Waals surface area contributed by atoms with Gasteiger partial charge in [-0.3, -0.25) is 4.79 Å². The van der Waals surface area contributed by atoms with Gasteiger partial charge in [0.05, 0.1) is 12.8 Å². The number of anilines is 1. The van der Waals surface area contributed by atoms with Gasteiger partial charge in [0.2, 0.25) is 0 Å². The van der Waals surface area contributed by atoms with E-state index in [4.69, 9.17) is 9.47 Å². The molecule has 0 atom stereocenters. The van der Waals surface area contributed by atoms with Gasteiger partial charge in [0.1, 0.15) is 5.75 Å². The molecule has 1 aromatic carbocycles. The van der Waals surface area contributed by atoms with E-state index in [9.17, 15) is 9.18 Å². The topological polar surface area (TPSA) is 47.6 Å². The van der Waals surface area contributed by atoms with E-state index in [0.29, 0.717) is 11.4 Å². The molecule has 0 unspecified atom stereocenters. The highest BCUT2D eigenvalue weighted by atomic mass is 19.1. The maximum absolute atomic E-state index is 13.2. The maximum Gasteiger partial charge on any atom is 0.262 e. The Hall–Kier alpha value is -1.78. The Bertz CT molecular complexity index is 392. The lowest BCUT2D eigenvalue weighted by molar-refractivity contribution is -0.118. The molecule has 2 rings (SSSR count). The second-order valence-electron chi connectivity index (χ2n) is 2.82. The van der Waals surface area contributed by atoms with Crippen LogP contribution in [0, 0.1) is 5.82 Å². The summed E-state index contributed by atoms with van der Waals surface area (Å²) in [7, 11) is 1.36. The Labute approximate surface area is 79.6 Å². The summed E-state index contributed by atoms with van der Waals surface area (Å²) in [5.41, 5.74) is 0.430. The van der Waals surface area contributed by atoms with Crippen LogP contribution in [-0.4, -0.2) is 19.6 Å². The van der Waals surface area contributed by atoms with Gasteiger partial charge < -0.3 is 14.8 Å². The van der Waals surface area contributed by atoms with Crippen LogP contribution in [-0.2, 0) is 4.79 Å². The second kappa shape index (κ2) is 3.17. The molecule has 0 aromatic heterocycles. The van der Waals surface area contributed by atoms with Crippen molar-refractivity contribution >= 4 is 11.6 Å². The Morgan fingerprint density at radius 1 is 1.57 bits per heavy atom. The van der Waals surface area contributed by atoms with E-state index >= 15 is 0 Å². The molecule has 5 heteroatoms. The van der Waals surface area contributed by atoms with Crippen molar-refractivity contribution in [2.24, 2.45) is 0 Å². The summed E-state index contributed by atoms with van der Waals surface area (Å²) in [6.07, 6.45) is 0. The maximum atomic E-state index is 13.2. The average molecular weight is 197 g/mol. The van der Waals surface area contributed by atoms with Crippen molar-refractivity contribution in [3.63, 3.8) is 0 Å². The molecule has 1 aliphatic rings. The summed E-state index contributed by atoms with van der Waals surface area (Å²) in [5.74, 6) is -0.369. The largest absolute Gasteiger partial charge is 0.494 e. The monoisotopic (exact) mass is 197 g/mol. The van der Waals surface area contributed by atoms with Crippen molar-refractivity contribution in [2.75, 3.05) is 19.0 Å². The number of methoxy groups -OCH3 is 1. The molecule has 1 N–H and O–H groups in total. The molecule has 0 bridgehead atoms. The highest BCUT2D eigenvalue weighted by Crippen LogP contribution is 2.33. The SMILES string of the molecule is COc1cc2c(cc1F)OCC(=O)N2. The molecule has 1 heterocycles. The van der Waals surface area contributed by atoms with Gasteiger partial charge in [-0.15, -0.1) is 0 Å². The minimum atomic E-state index is -0.512. The molecule has 0 fully saturated rings. The smallest absolute Gasteiger partial charge is 0.262 e. The van der Waals surface area contributed by atoms with Crippen molar-refractivity contribution < 1.29 is 18.7 Å². The minimum Gasteiger partial charge on any atom is -0.494 e. The van der Waals surface area contributed by atoms with E-state index in [2.05, 4.69) is 5.32 Å². The van der Waals surface area contributed by atoms with E-state index < -0.39 is 5.82 Å². The van der Waals surface area contributed by atoms with E-state index in [-0.39, 0.29) is 18.3 Å². The molecule has 1 amide bonds. The zero-order valence-electron chi connectivity index (χ0n) is 7.46. The van der Waals surface area contributed by atoms with Crippen LogP contribution in [0.5, 0.6) is 11.5 Å². The van der Waals surface area contributed by atoms with Gasteiger partial charge in [-0.05, 0) is 0 Å². The summed E-state index contributed by atoms with van der Waals surface area (Å²) in [6.45, 7) is -0.0846. The molecule has 1 aliphatic heterocycles. The molecule has 0 saturated heterocycles. The third-order valence-electron chi connectivity index (χ3n) is 1.89. The number of benzene rings is 1. The first-order valence-electron chi connectivity index (χ1n) is 4.01. The predicted molar refractivity (Wildman–Crippen MR) is 47.1 cm³/mol. The van der Waals surface area contributed by atoms with Crippen LogP contribution in [0.3, 0.4) is 0 Å². The number of amides is 1. The Morgan fingerprint density at radius 2 is 2.36 bits per heavy atom. The quantitative estimate of drug-likeness (QED) is 0.735. The highest BCUT2D eigenvalue weighted by molar-refractivity contribution is 5.95. The van der Waals surface area contributed by atoms with Gasteiger partial charge in [-0.25, -0.2) is 4.39 Å². The van der Waals surface area contributed by atoms with Gasteiger partial charge >= 0.3 is 0 Å². The van der Waals surface area contributed by atoms with Crippen molar-refractivity contribution in [1.29, 1.82) is 0 Å². The normalized spacial score (nSPS) is 14.0. The van der Waals surface area contributed by atoms with Crippen LogP contribution in [0.2, 0.25) is 0 Å². The van der Waals surface area contributed by atoms with Gasteiger partial charge in [0, 0.05) is 12.1 Å². The third-order valence-corrected chi connectivity index (χ3v) is 1.89. The fraction of sp³-hybridized carbons (Fsp3) is 0.222. The number of rotatable bonds is 1. The highest BCUT2D eigenvalue weighted by Gasteiger charge is 2.18. The van der Waals surface area contributed by atoms with Gasteiger partial charge in [-0.1, -0.05) is 0 Å². The van der Waals surface area contributed by atoms with E-state index in [1.807, 2.05) is 0 Å². The van der Waals surface area contributed by atoms with Gasteiger partial charge in [0.25, 0.3) is 5.91 Å². The molecule has 0 spiro atoms. The van der Waals surface area contributed by atoms with Crippen LogP contribution >= 0.6 is 0 Å². The summed E-state index contributed by atoms with van der Waals surface area (Å²) < 4.78 is 22.9. The molecule has 0 radical (unpaired) electrons. The van der Waals surface area contributed by atoms with Crippen molar-refractivity contribution in [2.45, 2.75) is 0 Å². The average Bonchev–Trinajstić information content (AvgIpc) is 2.17. The van der Waals surface area contributed by atoms with Crippen LogP contribution in [0.4, 0.5) is 10.1 Å². The van der Waals surface area contributed by atoms with E-state index in [1.165, 1.54) is 19.2 Å². The molecule has 0 saturated carbocycles. The van der Waals surface area contributed by atoms with Crippen molar-refractivity contribution in [3.8, 4) is 11.5 Å².